The fourth-order valence-electron chi connectivity index (χ4n) is 1.99. The highest BCUT2D eigenvalue weighted by Gasteiger charge is 2.21. The van der Waals surface area contributed by atoms with Crippen molar-refractivity contribution in [3.63, 3.8) is 0 Å². The van der Waals surface area contributed by atoms with E-state index in [-0.39, 0.29) is 18.4 Å². The molecular formula is C14H19N3O2. The van der Waals surface area contributed by atoms with Gasteiger partial charge < -0.3 is 15.5 Å². The van der Waals surface area contributed by atoms with E-state index in [0.717, 1.165) is 18.7 Å². The Morgan fingerprint density at radius 1 is 1.37 bits per heavy atom. The number of anilines is 1. The number of carbonyl (C=O) groups is 2. The Labute approximate surface area is 113 Å². The number of benzene rings is 1. The van der Waals surface area contributed by atoms with Crippen LogP contribution in [-0.4, -0.2) is 42.9 Å². The van der Waals surface area contributed by atoms with Crippen molar-refractivity contribution >= 4 is 17.5 Å². The lowest BCUT2D eigenvalue weighted by Crippen LogP contribution is -2.49. The van der Waals surface area contributed by atoms with Crippen molar-refractivity contribution in [2.45, 2.75) is 13.3 Å². The van der Waals surface area contributed by atoms with Crippen molar-refractivity contribution in [1.29, 1.82) is 0 Å². The molecule has 19 heavy (non-hydrogen) atoms. The number of carbonyl (C=O) groups excluding carboxylic acids is 2. The monoisotopic (exact) mass is 261 g/mol. The molecule has 0 aromatic heterocycles. The van der Waals surface area contributed by atoms with Gasteiger partial charge in [0, 0.05) is 30.9 Å². The van der Waals surface area contributed by atoms with Crippen molar-refractivity contribution in [2.75, 3.05) is 31.5 Å². The molecule has 102 valence electrons. The van der Waals surface area contributed by atoms with Gasteiger partial charge in [0.1, 0.15) is 0 Å². The Bertz CT molecular complexity index is 456. The van der Waals surface area contributed by atoms with E-state index in [1.807, 2.05) is 12.1 Å². The van der Waals surface area contributed by atoms with Crippen LogP contribution in [0.2, 0.25) is 0 Å². The van der Waals surface area contributed by atoms with Gasteiger partial charge in [-0.15, -0.1) is 0 Å². The fourth-order valence-corrected chi connectivity index (χ4v) is 1.99. The fraction of sp³-hybridized carbons (Fsp3) is 0.429. The van der Waals surface area contributed by atoms with Crippen LogP contribution in [0.4, 0.5) is 5.69 Å². The molecular weight excluding hydrogens is 242 g/mol. The van der Waals surface area contributed by atoms with Gasteiger partial charge in [0.15, 0.2) is 0 Å². The zero-order valence-electron chi connectivity index (χ0n) is 11.1. The van der Waals surface area contributed by atoms with Gasteiger partial charge in [-0.1, -0.05) is 6.92 Å². The van der Waals surface area contributed by atoms with E-state index in [0.29, 0.717) is 18.7 Å². The van der Waals surface area contributed by atoms with Crippen LogP contribution in [0.5, 0.6) is 0 Å². The second kappa shape index (κ2) is 6.22. The molecule has 2 rings (SSSR count). The van der Waals surface area contributed by atoms with Gasteiger partial charge in [-0.3, -0.25) is 9.59 Å². The molecule has 1 saturated heterocycles. The topological polar surface area (TPSA) is 61.4 Å². The number of piperazine rings is 1. The number of amides is 2. The summed E-state index contributed by atoms with van der Waals surface area (Å²) in [5.74, 6) is -0.183. The summed E-state index contributed by atoms with van der Waals surface area (Å²) < 4.78 is 0. The van der Waals surface area contributed by atoms with Crippen LogP contribution in [-0.2, 0) is 4.79 Å². The third-order valence-electron chi connectivity index (χ3n) is 3.04. The highest BCUT2D eigenvalue weighted by molar-refractivity contribution is 5.97. The lowest BCUT2D eigenvalue weighted by Gasteiger charge is -2.26. The maximum Gasteiger partial charge on any atom is 0.254 e. The molecule has 0 radical (unpaired) electrons. The number of hydrogen-bond donors (Lipinski definition) is 2. The molecule has 0 bridgehead atoms. The molecule has 5 nitrogen and oxygen atoms in total. The van der Waals surface area contributed by atoms with Crippen molar-refractivity contribution in [1.82, 2.24) is 10.2 Å². The van der Waals surface area contributed by atoms with Gasteiger partial charge in [-0.25, -0.2) is 0 Å². The van der Waals surface area contributed by atoms with Crippen molar-refractivity contribution < 1.29 is 9.59 Å². The van der Waals surface area contributed by atoms with E-state index < -0.39 is 0 Å². The Hall–Kier alpha value is -2.04. The average Bonchev–Trinajstić information content (AvgIpc) is 2.45. The molecule has 1 fully saturated rings. The van der Waals surface area contributed by atoms with E-state index in [4.69, 9.17) is 0 Å². The van der Waals surface area contributed by atoms with Crippen molar-refractivity contribution in [3.05, 3.63) is 29.8 Å². The summed E-state index contributed by atoms with van der Waals surface area (Å²) in [7, 11) is 0. The van der Waals surface area contributed by atoms with Gasteiger partial charge in [0.25, 0.3) is 5.91 Å². The van der Waals surface area contributed by atoms with Gasteiger partial charge >= 0.3 is 0 Å². The highest BCUT2D eigenvalue weighted by atomic mass is 16.2. The first-order chi connectivity index (χ1) is 9.20. The lowest BCUT2D eigenvalue weighted by atomic mass is 10.1. The minimum Gasteiger partial charge on any atom is -0.385 e. The molecule has 1 heterocycles. The van der Waals surface area contributed by atoms with Crippen molar-refractivity contribution in [3.8, 4) is 0 Å². The standard InChI is InChI=1S/C14H19N3O2/c1-2-7-15-12-5-3-11(4-6-12)14(19)17-9-8-16-13(18)10-17/h3-6,15H,2,7-10H2,1H3,(H,16,18). The molecule has 1 aliphatic rings. The second-order valence-electron chi connectivity index (χ2n) is 4.58. The second-order valence-corrected chi connectivity index (χ2v) is 4.58. The first-order valence-corrected chi connectivity index (χ1v) is 6.60. The predicted molar refractivity (Wildman–Crippen MR) is 74.1 cm³/mol. The third-order valence-corrected chi connectivity index (χ3v) is 3.04. The summed E-state index contributed by atoms with van der Waals surface area (Å²) in [6.07, 6.45) is 1.06. The van der Waals surface area contributed by atoms with Crippen LogP contribution in [0, 0.1) is 0 Å². The molecule has 2 N–H and O–H groups in total. The quantitative estimate of drug-likeness (QED) is 0.852. The van der Waals surface area contributed by atoms with E-state index in [1.54, 1.807) is 17.0 Å². The molecule has 1 aromatic carbocycles. The molecule has 2 amide bonds. The van der Waals surface area contributed by atoms with Gasteiger partial charge in [-0.05, 0) is 30.7 Å². The minimum atomic E-state index is -0.0965. The highest BCUT2D eigenvalue weighted by Crippen LogP contribution is 2.12. The van der Waals surface area contributed by atoms with E-state index in [1.165, 1.54) is 0 Å². The first-order valence-electron chi connectivity index (χ1n) is 6.60. The maximum atomic E-state index is 12.2. The molecule has 5 heteroatoms. The molecule has 0 aliphatic carbocycles. The Morgan fingerprint density at radius 3 is 2.74 bits per heavy atom. The van der Waals surface area contributed by atoms with Gasteiger partial charge in [0.05, 0.1) is 6.54 Å². The Balaban J connectivity index is 2.00. The molecule has 0 spiro atoms. The first kappa shape index (κ1) is 13.4. The zero-order valence-corrected chi connectivity index (χ0v) is 11.1. The van der Waals surface area contributed by atoms with Crippen molar-refractivity contribution in [2.24, 2.45) is 0 Å². The van der Waals surface area contributed by atoms with Crippen LogP contribution in [0.1, 0.15) is 23.7 Å². The van der Waals surface area contributed by atoms with E-state index in [2.05, 4.69) is 17.6 Å². The predicted octanol–water partition coefficient (Wildman–Crippen LogP) is 1.08. The Morgan fingerprint density at radius 2 is 2.11 bits per heavy atom. The van der Waals surface area contributed by atoms with Crippen LogP contribution < -0.4 is 10.6 Å². The van der Waals surface area contributed by atoms with Crippen LogP contribution in [0.3, 0.4) is 0 Å². The number of nitrogens with one attached hydrogen (secondary N) is 2. The van der Waals surface area contributed by atoms with E-state index in [9.17, 15) is 9.59 Å². The average molecular weight is 261 g/mol. The molecule has 1 aliphatic heterocycles. The summed E-state index contributed by atoms with van der Waals surface area (Å²) in [4.78, 5) is 25.0. The third kappa shape index (κ3) is 3.47. The smallest absolute Gasteiger partial charge is 0.254 e. The zero-order chi connectivity index (χ0) is 13.7. The summed E-state index contributed by atoms with van der Waals surface area (Å²) in [6.45, 7) is 4.27. The summed E-state index contributed by atoms with van der Waals surface area (Å²) in [5.41, 5.74) is 1.63. The van der Waals surface area contributed by atoms with Crippen LogP contribution >= 0.6 is 0 Å². The molecule has 1 aromatic rings. The molecule has 0 unspecified atom stereocenters. The largest absolute Gasteiger partial charge is 0.385 e. The lowest BCUT2D eigenvalue weighted by molar-refractivity contribution is -0.123. The van der Waals surface area contributed by atoms with Crippen LogP contribution in [0.25, 0.3) is 0 Å². The SMILES string of the molecule is CCCNc1ccc(C(=O)N2CCNC(=O)C2)cc1. The molecule has 0 atom stereocenters. The number of rotatable bonds is 4. The summed E-state index contributed by atoms with van der Waals surface area (Å²) >= 11 is 0. The number of hydrogen-bond acceptors (Lipinski definition) is 3. The van der Waals surface area contributed by atoms with Gasteiger partial charge in [-0.2, -0.15) is 0 Å². The minimum absolute atomic E-state index is 0.0862. The van der Waals surface area contributed by atoms with Crippen LogP contribution in [0.15, 0.2) is 24.3 Å². The normalized spacial score (nSPS) is 15.0. The Kier molecular flexibility index (Phi) is 4.39. The maximum absolute atomic E-state index is 12.2. The number of nitrogens with zero attached hydrogens (tertiary/aromatic N) is 1. The summed E-state index contributed by atoms with van der Waals surface area (Å²) in [5, 5.41) is 5.97. The van der Waals surface area contributed by atoms with E-state index >= 15 is 0 Å². The van der Waals surface area contributed by atoms with Gasteiger partial charge in [0.2, 0.25) is 5.91 Å². The summed E-state index contributed by atoms with van der Waals surface area (Å²) in [6, 6.07) is 7.39. The molecule has 0 saturated carbocycles.